The number of amides is 5. The van der Waals surface area contributed by atoms with E-state index in [4.69, 9.17) is 35.3 Å². The van der Waals surface area contributed by atoms with E-state index < -0.39 is 89.4 Å². The van der Waals surface area contributed by atoms with Crippen LogP contribution in [-0.4, -0.2) is 148 Å². The quantitative estimate of drug-likeness (QED) is 0.0783. The third kappa shape index (κ3) is 14.4. The summed E-state index contributed by atoms with van der Waals surface area (Å²) in [4.78, 5) is 83.6. The Morgan fingerprint density at radius 1 is 1.09 bits per heavy atom. The lowest BCUT2D eigenvalue weighted by Crippen LogP contribution is -2.63. The van der Waals surface area contributed by atoms with Gasteiger partial charge in [0.2, 0.25) is 23.6 Å². The number of epoxide rings is 1. The summed E-state index contributed by atoms with van der Waals surface area (Å²) in [6, 6.07) is 8.64. The van der Waals surface area contributed by atoms with Gasteiger partial charge in [0.15, 0.2) is 12.3 Å². The first-order chi connectivity index (χ1) is 32.4. The molecule has 19 nitrogen and oxygen atoms in total. The van der Waals surface area contributed by atoms with Gasteiger partial charge in [-0.25, -0.2) is 9.59 Å². The van der Waals surface area contributed by atoms with E-state index in [1.165, 1.54) is 32.1 Å². The molecule has 0 aromatic heterocycles. The molecule has 2 saturated heterocycles. The average Bonchev–Trinajstić information content (AvgIpc) is 3.97. The van der Waals surface area contributed by atoms with E-state index in [1.54, 1.807) is 69.4 Å². The van der Waals surface area contributed by atoms with Crippen molar-refractivity contribution in [3.8, 4) is 5.75 Å². The van der Waals surface area contributed by atoms with E-state index in [0.29, 0.717) is 17.8 Å². The Hall–Kier alpha value is -5.86. The lowest BCUT2D eigenvalue weighted by Gasteiger charge is -2.42. The second kappa shape index (κ2) is 22.7. The van der Waals surface area contributed by atoms with Crippen LogP contribution in [-0.2, 0) is 55.9 Å². The molecule has 5 N–H and O–H groups in total. The number of rotatable bonds is 14. The fraction of sp³-hybridized carbons (Fsp3) is 0.531. The van der Waals surface area contributed by atoms with E-state index >= 15 is 0 Å². The second-order valence-electron chi connectivity index (χ2n) is 19.1. The number of halogens is 1. The SMILES string of the molecule is CC=NCC(=O)NC(C)C(=O)NC(C)C(=O)Nc1ccc(COc2cc3cc(c2Cl)N(C)C(=O)C[C@H](OC(=O)C[N+](C)(C)C)[C@]2(C)O[C@H]2[C@H](C)[C@@H]2C[C@@](O)(NC(=O)O2)[C@H](OC)/C=C/C=C(\C)C3)cc1. The Kier molecular flexibility index (Phi) is 17.8. The smallest absolute Gasteiger partial charge is 0.409 e. The summed E-state index contributed by atoms with van der Waals surface area (Å²) in [5.74, 6) is -2.64. The number of fused-ring (bicyclic) bond motifs is 5. The highest BCUT2D eigenvalue weighted by Crippen LogP contribution is 2.49. The monoisotopic (exact) mass is 980 g/mol. The highest BCUT2D eigenvalue weighted by atomic mass is 35.5. The van der Waals surface area contributed by atoms with Crippen molar-refractivity contribution in [2.75, 3.05) is 58.6 Å². The molecule has 0 radical (unpaired) electrons. The molecular formula is C49H67ClN7O12+. The third-order valence-electron chi connectivity index (χ3n) is 12.2. The van der Waals surface area contributed by atoms with E-state index in [1.807, 2.05) is 41.1 Å². The maximum Gasteiger partial charge on any atom is 0.409 e. The molecule has 2 aromatic carbocycles. The number of anilines is 2. The van der Waals surface area contributed by atoms with E-state index in [0.717, 1.165) is 16.7 Å². The summed E-state index contributed by atoms with van der Waals surface area (Å²) in [7, 11) is 8.53. The van der Waals surface area contributed by atoms with Crippen molar-refractivity contribution in [1.29, 1.82) is 0 Å². The zero-order valence-electron chi connectivity index (χ0n) is 41.2. The fourth-order valence-corrected chi connectivity index (χ4v) is 8.46. The van der Waals surface area contributed by atoms with Crippen LogP contribution in [0.1, 0.15) is 65.5 Å². The highest BCUT2D eigenvalue weighted by molar-refractivity contribution is 6.35. The van der Waals surface area contributed by atoms with Crippen LogP contribution in [0.5, 0.6) is 5.75 Å². The molecule has 9 atom stereocenters. The number of esters is 1. The van der Waals surface area contributed by atoms with E-state index in [-0.39, 0.29) is 47.8 Å². The summed E-state index contributed by atoms with van der Waals surface area (Å²) in [5.41, 5.74) is 0.117. The zero-order chi connectivity index (χ0) is 51.0. The molecule has 20 heteroatoms. The Morgan fingerprint density at radius 2 is 1.77 bits per heavy atom. The minimum Gasteiger partial charge on any atom is -0.487 e. The van der Waals surface area contributed by atoms with Crippen LogP contribution in [0.4, 0.5) is 16.2 Å². The van der Waals surface area contributed by atoms with Gasteiger partial charge in [0.25, 0.3) is 0 Å². The second-order valence-corrected chi connectivity index (χ2v) is 19.5. The number of likely N-dealkylation sites (N-methyl/N-ethyl adjacent to an activating group) is 1. The number of methoxy groups -OCH3 is 1. The van der Waals surface area contributed by atoms with Gasteiger partial charge >= 0.3 is 12.1 Å². The summed E-state index contributed by atoms with van der Waals surface area (Å²) in [6.45, 7) is 10.1. The standard InChI is InChI=1S/C49H66ClN7O12/c1-12-51-25-40(58)52-30(4)45(61)53-31(5)46(62)54-34-18-16-32(17-19-34)27-66-36-22-33-20-28(2)14-13-15-38(65-11)49(64)24-37(67-47(63)55-49)29(3)44-48(6,69-44)39(68-42(60)26-57(8,9)10)23-41(59)56(7)35(21-33)43(36)50/h12-19,21-22,29-31,37-39,44,64H,20,23-27H2,1-11H3,(H3-,52,53,54,55,58,61,62,63)/p+1/b15-13+,28-14+,51-12?/t29-,30?,31?,37+,38-,39+,44+,48+,49+/m1/s1. The van der Waals surface area contributed by atoms with Gasteiger partial charge in [-0.3, -0.25) is 29.5 Å². The molecule has 2 unspecified atom stereocenters. The van der Waals surface area contributed by atoms with Gasteiger partial charge in [0, 0.05) is 32.2 Å². The van der Waals surface area contributed by atoms with Gasteiger partial charge in [0.05, 0.1) is 39.4 Å². The van der Waals surface area contributed by atoms with E-state index in [9.17, 15) is 33.9 Å². The first-order valence-electron chi connectivity index (χ1n) is 22.8. The number of alkyl carbamates (subject to hydrolysis) is 1. The predicted octanol–water partition coefficient (Wildman–Crippen LogP) is 3.98. The molecule has 4 bridgehead atoms. The molecule has 3 aliphatic heterocycles. The Labute approximate surface area is 408 Å². The van der Waals surface area contributed by atoms with Crippen molar-refractivity contribution in [3.05, 3.63) is 76.3 Å². The molecule has 2 aromatic rings. The van der Waals surface area contributed by atoms with Crippen molar-refractivity contribution >= 4 is 64.9 Å². The van der Waals surface area contributed by atoms with Crippen molar-refractivity contribution in [2.24, 2.45) is 10.9 Å². The Balaban J connectivity index is 1.39. The molecule has 3 heterocycles. The number of ether oxygens (including phenoxy) is 5. The molecule has 376 valence electrons. The fourth-order valence-electron chi connectivity index (χ4n) is 8.17. The predicted molar refractivity (Wildman–Crippen MR) is 259 cm³/mol. The number of nitrogens with zero attached hydrogens (tertiary/aromatic N) is 3. The molecular weight excluding hydrogens is 914 g/mol. The topological polar surface area (TPSA) is 236 Å². The van der Waals surface area contributed by atoms with Gasteiger partial charge in [-0.05, 0) is 82.6 Å². The number of aliphatic imine (C=N–C) groups is 1. The lowest BCUT2D eigenvalue weighted by atomic mass is 9.83. The minimum atomic E-state index is -1.85. The van der Waals surface area contributed by atoms with Crippen LogP contribution >= 0.6 is 11.6 Å². The van der Waals surface area contributed by atoms with Crippen molar-refractivity contribution in [2.45, 2.75) is 115 Å². The van der Waals surface area contributed by atoms with Gasteiger partial charge in [-0.2, -0.15) is 0 Å². The summed E-state index contributed by atoms with van der Waals surface area (Å²) >= 11 is 7.09. The number of quaternary nitrogens is 1. The molecule has 3 aliphatic rings. The molecule has 69 heavy (non-hydrogen) atoms. The molecule has 2 fully saturated rings. The number of benzene rings is 2. The zero-order valence-corrected chi connectivity index (χ0v) is 42.0. The van der Waals surface area contributed by atoms with Crippen LogP contribution < -0.4 is 30.9 Å². The lowest BCUT2D eigenvalue weighted by molar-refractivity contribution is -0.862. The third-order valence-corrected chi connectivity index (χ3v) is 12.5. The number of hydrogen-bond acceptors (Lipinski definition) is 13. The Morgan fingerprint density at radius 3 is 2.42 bits per heavy atom. The van der Waals surface area contributed by atoms with Crippen molar-refractivity contribution in [3.63, 3.8) is 0 Å². The molecule has 5 amide bonds. The van der Waals surface area contributed by atoms with Crippen LogP contribution in [0.25, 0.3) is 0 Å². The maximum atomic E-state index is 14.4. The normalized spacial score (nSPS) is 27.3. The number of nitrogens with one attached hydrogen (secondary N) is 4. The average molecular weight is 982 g/mol. The van der Waals surface area contributed by atoms with Gasteiger partial charge < -0.3 is 54.1 Å². The summed E-state index contributed by atoms with van der Waals surface area (Å²) in [6.07, 6.45) is 2.38. The van der Waals surface area contributed by atoms with Crippen molar-refractivity contribution in [1.82, 2.24) is 16.0 Å². The largest absolute Gasteiger partial charge is 0.487 e. The number of aliphatic hydroxyl groups is 1. The van der Waals surface area contributed by atoms with Crippen LogP contribution in [0.15, 0.2) is 65.2 Å². The molecule has 0 saturated carbocycles. The molecule has 0 spiro atoms. The first-order valence-corrected chi connectivity index (χ1v) is 23.2. The van der Waals surface area contributed by atoms with E-state index in [2.05, 4.69) is 26.3 Å². The molecule has 5 rings (SSSR count). The number of hydrogen-bond donors (Lipinski definition) is 5. The summed E-state index contributed by atoms with van der Waals surface area (Å²) < 4.78 is 30.3. The summed E-state index contributed by atoms with van der Waals surface area (Å²) in [5, 5.41) is 22.4. The van der Waals surface area contributed by atoms with Gasteiger partial charge in [0.1, 0.15) is 59.9 Å². The number of carbonyl (C=O) groups is 6. The van der Waals surface area contributed by atoms with Crippen LogP contribution in [0.2, 0.25) is 5.02 Å². The van der Waals surface area contributed by atoms with Crippen LogP contribution in [0.3, 0.4) is 0 Å². The maximum absolute atomic E-state index is 14.4. The van der Waals surface area contributed by atoms with Gasteiger partial charge in [-0.15, -0.1) is 0 Å². The molecule has 0 aliphatic carbocycles. The number of allylic oxidation sites excluding steroid dienone is 3. The first kappa shape index (κ1) is 54.1. The minimum absolute atomic E-state index is 0.0120. The Bertz CT molecular complexity index is 2330. The highest BCUT2D eigenvalue weighted by Gasteiger charge is 2.64. The van der Waals surface area contributed by atoms with Crippen molar-refractivity contribution < 1.29 is 62.0 Å². The number of carbonyl (C=O) groups excluding carboxylic acids is 6. The van der Waals surface area contributed by atoms with Gasteiger partial charge in [-0.1, -0.05) is 54.5 Å². The van der Waals surface area contributed by atoms with Crippen LogP contribution in [0, 0.1) is 5.92 Å².